The smallest absolute Gasteiger partial charge is 0.198 e. The summed E-state index contributed by atoms with van der Waals surface area (Å²) in [6.45, 7) is 14.1. The maximum Gasteiger partial charge on any atom is 0.198 e. The summed E-state index contributed by atoms with van der Waals surface area (Å²) < 4.78 is 7.42. The average molecular weight is 348 g/mol. The third-order valence-corrected chi connectivity index (χ3v) is 5.10. The van der Waals surface area contributed by atoms with Gasteiger partial charge in [0.05, 0.1) is 31.6 Å². The van der Waals surface area contributed by atoms with Gasteiger partial charge < -0.3 is 15.0 Å². The molecule has 0 unspecified atom stereocenters. The first-order chi connectivity index (χ1) is 12.1. The van der Waals surface area contributed by atoms with E-state index in [1.165, 1.54) is 12.8 Å². The van der Waals surface area contributed by atoms with Crippen LogP contribution in [0.2, 0.25) is 0 Å². The molecule has 3 rings (SSSR count). The molecule has 0 aliphatic carbocycles. The third kappa shape index (κ3) is 4.73. The summed E-state index contributed by atoms with van der Waals surface area (Å²) in [5, 5.41) is 7.86. The Bertz CT molecular complexity index is 570. The van der Waals surface area contributed by atoms with Gasteiger partial charge in [-0.3, -0.25) is 14.6 Å². The lowest BCUT2D eigenvalue weighted by atomic mass is 10.0. The third-order valence-electron chi connectivity index (χ3n) is 5.10. The van der Waals surface area contributed by atoms with Crippen LogP contribution in [0.15, 0.2) is 17.4 Å². The topological polar surface area (TPSA) is 57.9 Å². The van der Waals surface area contributed by atoms with E-state index in [-0.39, 0.29) is 5.54 Å². The van der Waals surface area contributed by atoms with Gasteiger partial charge >= 0.3 is 0 Å². The van der Waals surface area contributed by atoms with Crippen LogP contribution in [-0.2, 0) is 11.3 Å². The normalized spacial score (nSPS) is 20.3. The molecule has 7 nitrogen and oxygen atoms in total. The van der Waals surface area contributed by atoms with Crippen molar-refractivity contribution >= 4 is 11.6 Å². The molecule has 0 saturated carbocycles. The lowest BCUT2D eigenvalue weighted by molar-refractivity contribution is -0.00685. The van der Waals surface area contributed by atoms with Crippen molar-refractivity contribution in [3.8, 4) is 0 Å². The number of ether oxygens (including phenoxy) is 1. The van der Waals surface area contributed by atoms with Gasteiger partial charge in [0.1, 0.15) is 0 Å². The Balaban J connectivity index is 1.70. The molecule has 2 aliphatic heterocycles. The van der Waals surface area contributed by atoms with Crippen LogP contribution in [0, 0.1) is 0 Å². The quantitative estimate of drug-likeness (QED) is 0.650. The molecule has 0 atom stereocenters. The minimum atomic E-state index is 0.0318. The molecule has 1 N–H and O–H groups in total. The van der Waals surface area contributed by atoms with E-state index >= 15 is 0 Å². The van der Waals surface area contributed by atoms with Crippen molar-refractivity contribution in [3.63, 3.8) is 0 Å². The van der Waals surface area contributed by atoms with E-state index in [1.807, 2.05) is 17.1 Å². The van der Waals surface area contributed by atoms with Crippen molar-refractivity contribution in [2.45, 2.75) is 45.7 Å². The zero-order valence-corrected chi connectivity index (χ0v) is 15.9. The van der Waals surface area contributed by atoms with Crippen LogP contribution in [0.25, 0.3) is 0 Å². The number of anilines is 1. The van der Waals surface area contributed by atoms with Gasteiger partial charge in [0.25, 0.3) is 0 Å². The average Bonchev–Trinajstić information content (AvgIpc) is 3.31. The molecule has 0 spiro atoms. The maximum atomic E-state index is 5.49. The first kappa shape index (κ1) is 18.2. The fraction of sp³-hybridized carbons (Fsp3) is 0.778. The number of aromatic nitrogens is 2. The van der Waals surface area contributed by atoms with Crippen molar-refractivity contribution < 1.29 is 4.74 Å². The Morgan fingerprint density at radius 1 is 1.24 bits per heavy atom. The van der Waals surface area contributed by atoms with Gasteiger partial charge in [-0.25, -0.2) is 0 Å². The molecule has 0 amide bonds. The lowest BCUT2D eigenvalue weighted by Crippen LogP contribution is -2.52. The SMILES string of the molecule is CCn1cc(NC(=NCC(C)(C)N2CCOCC2)N2CCCC2)cn1. The van der Waals surface area contributed by atoms with Crippen LogP contribution >= 0.6 is 0 Å². The summed E-state index contributed by atoms with van der Waals surface area (Å²) in [4.78, 5) is 9.84. The van der Waals surface area contributed by atoms with Crippen molar-refractivity contribution in [2.75, 3.05) is 51.3 Å². The number of nitrogens with zero attached hydrogens (tertiary/aromatic N) is 5. The van der Waals surface area contributed by atoms with Gasteiger partial charge in [-0.2, -0.15) is 5.10 Å². The zero-order chi connectivity index (χ0) is 17.7. The lowest BCUT2D eigenvalue weighted by Gasteiger charge is -2.40. The molecule has 3 heterocycles. The first-order valence-corrected chi connectivity index (χ1v) is 9.50. The number of morpholine rings is 1. The highest BCUT2D eigenvalue weighted by Crippen LogP contribution is 2.18. The largest absolute Gasteiger partial charge is 0.379 e. The van der Waals surface area contributed by atoms with E-state index < -0.39 is 0 Å². The molecule has 0 aromatic carbocycles. The Kier molecular flexibility index (Phi) is 5.96. The molecule has 2 saturated heterocycles. The minimum absolute atomic E-state index is 0.0318. The van der Waals surface area contributed by atoms with Gasteiger partial charge in [-0.05, 0) is 33.6 Å². The number of nitrogens with one attached hydrogen (secondary N) is 1. The van der Waals surface area contributed by atoms with Crippen LogP contribution in [0.5, 0.6) is 0 Å². The summed E-state index contributed by atoms with van der Waals surface area (Å²) in [5.41, 5.74) is 1.04. The van der Waals surface area contributed by atoms with E-state index in [0.29, 0.717) is 0 Å². The zero-order valence-electron chi connectivity index (χ0n) is 15.9. The van der Waals surface area contributed by atoms with E-state index in [4.69, 9.17) is 9.73 Å². The Hall–Kier alpha value is -1.60. The molecule has 25 heavy (non-hydrogen) atoms. The molecule has 7 heteroatoms. The number of aryl methyl sites for hydroxylation is 1. The summed E-state index contributed by atoms with van der Waals surface area (Å²) in [7, 11) is 0. The number of guanidine groups is 1. The summed E-state index contributed by atoms with van der Waals surface area (Å²) in [6, 6.07) is 0. The second kappa shape index (κ2) is 8.19. The standard InChI is InChI=1S/C18H32N6O/c1-4-24-14-16(13-20-24)21-17(22-7-5-6-8-22)19-15-18(2,3)23-9-11-25-12-10-23/h13-14H,4-12,15H2,1-3H3,(H,19,21). The van der Waals surface area contributed by atoms with E-state index in [1.54, 1.807) is 0 Å². The second-order valence-corrected chi connectivity index (χ2v) is 7.46. The summed E-state index contributed by atoms with van der Waals surface area (Å²) >= 11 is 0. The number of hydrogen-bond donors (Lipinski definition) is 1. The number of likely N-dealkylation sites (tertiary alicyclic amines) is 1. The van der Waals surface area contributed by atoms with E-state index in [2.05, 4.69) is 41.0 Å². The van der Waals surface area contributed by atoms with Gasteiger partial charge in [0.2, 0.25) is 0 Å². The van der Waals surface area contributed by atoms with Crippen molar-refractivity contribution in [1.29, 1.82) is 0 Å². The predicted molar refractivity (Wildman–Crippen MR) is 101 cm³/mol. The number of rotatable bonds is 5. The Morgan fingerprint density at radius 2 is 1.96 bits per heavy atom. The number of hydrogen-bond acceptors (Lipinski definition) is 4. The second-order valence-electron chi connectivity index (χ2n) is 7.46. The first-order valence-electron chi connectivity index (χ1n) is 9.50. The van der Waals surface area contributed by atoms with E-state index in [9.17, 15) is 0 Å². The molecular formula is C18H32N6O. The van der Waals surface area contributed by atoms with E-state index in [0.717, 1.165) is 64.1 Å². The van der Waals surface area contributed by atoms with Crippen LogP contribution < -0.4 is 5.32 Å². The highest BCUT2D eigenvalue weighted by Gasteiger charge is 2.28. The van der Waals surface area contributed by atoms with Crippen molar-refractivity contribution in [1.82, 2.24) is 19.6 Å². The summed E-state index contributed by atoms with van der Waals surface area (Å²) in [5.74, 6) is 0.981. The molecule has 1 aromatic rings. The van der Waals surface area contributed by atoms with Gasteiger partial charge in [0.15, 0.2) is 5.96 Å². The molecule has 1 aromatic heterocycles. The van der Waals surface area contributed by atoms with Crippen LogP contribution in [0.4, 0.5) is 5.69 Å². The molecule has 2 fully saturated rings. The summed E-state index contributed by atoms with van der Waals surface area (Å²) in [6.07, 6.45) is 6.39. The van der Waals surface area contributed by atoms with Gasteiger partial charge in [-0.15, -0.1) is 0 Å². The molecule has 140 valence electrons. The van der Waals surface area contributed by atoms with Crippen LogP contribution in [0.1, 0.15) is 33.6 Å². The number of aliphatic imine (C=N–C) groups is 1. The fourth-order valence-corrected chi connectivity index (χ4v) is 3.41. The molecule has 0 bridgehead atoms. The molecule has 2 aliphatic rings. The minimum Gasteiger partial charge on any atom is -0.379 e. The Labute approximate surface area is 151 Å². The van der Waals surface area contributed by atoms with Gasteiger partial charge in [0, 0.05) is 44.5 Å². The molecule has 0 radical (unpaired) electrons. The highest BCUT2D eigenvalue weighted by atomic mass is 16.5. The molecular weight excluding hydrogens is 316 g/mol. The Morgan fingerprint density at radius 3 is 2.60 bits per heavy atom. The van der Waals surface area contributed by atoms with Crippen LogP contribution in [-0.4, -0.2) is 77.0 Å². The van der Waals surface area contributed by atoms with Crippen LogP contribution in [0.3, 0.4) is 0 Å². The van der Waals surface area contributed by atoms with Crippen molar-refractivity contribution in [2.24, 2.45) is 4.99 Å². The highest BCUT2D eigenvalue weighted by molar-refractivity contribution is 5.93. The predicted octanol–water partition coefficient (Wildman–Crippen LogP) is 1.88. The van der Waals surface area contributed by atoms with Gasteiger partial charge in [-0.1, -0.05) is 0 Å². The van der Waals surface area contributed by atoms with Crippen molar-refractivity contribution in [3.05, 3.63) is 12.4 Å². The maximum absolute atomic E-state index is 5.49. The fourth-order valence-electron chi connectivity index (χ4n) is 3.41. The monoisotopic (exact) mass is 348 g/mol.